The number of carbonyl (C=O) groups excluding carboxylic acids is 1. The van der Waals surface area contributed by atoms with Gasteiger partial charge in [-0.05, 0) is 38.3 Å². The van der Waals surface area contributed by atoms with Crippen molar-refractivity contribution in [1.29, 1.82) is 0 Å². The second kappa shape index (κ2) is 7.50. The normalized spacial score (nSPS) is 13.3. The van der Waals surface area contributed by atoms with E-state index in [0.29, 0.717) is 12.5 Å². The zero-order valence-corrected chi connectivity index (χ0v) is 14.1. The first-order valence-corrected chi connectivity index (χ1v) is 7.48. The summed E-state index contributed by atoms with van der Waals surface area (Å²) < 4.78 is 7.28. The van der Waals surface area contributed by atoms with Crippen molar-refractivity contribution < 1.29 is 9.53 Å². The second-order valence-corrected chi connectivity index (χ2v) is 6.80. The Morgan fingerprint density at radius 1 is 1.38 bits per heavy atom. The Morgan fingerprint density at radius 2 is 2.05 bits per heavy atom. The molecular formula is C16H29N3O2. The first kappa shape index (κ1) is 17.6. The van der Waals surface area contributed by atoms with Gasteiger partial charge in [0.05, 0.1) is 0 Å². The molecule has 21 heavy (non-hydrogen) atoms. The first-order valence-electron chi connectivity index (χ1n) is 7.48. The maximum absolute atomic E-state index is 11.7. The molecule has 1 amide bonds. The summed E-state index contributed by atoms with van der Waals surface area (Å²) in [5, 5.41) is 6.32. The Hall–Kier alpha value is -1.49. The quantitative estimate of drug-likeness (QED) is 0.848. The maximum atomic E-state index is 11.7. The van der Waals surface area contributed by atoms with Gasteiger partial charge in [0.1, 0.15) is 5.60 Å². The average Bonchev–Trinajstić information content (AvgIpc) is 2.72. The summed E-state index contributed by atoms with van der Waals surface area (Å²) in [6, 6.07) is 2.30. The SMILES string of the molecule is CC(C)C(CNC(=O)OC(C)(C)C)NCc1ccn(C)c1. The maximum Gasteiger partial charge on any atom is 0.407 e. The predicted molar refractivity (Wildman–Crippen MR) is 85.1 cm³/mol. The summed E-state index contributed by atoms with van der Waals surface area (Å²) in [5.74, 6) is 0.420. The number of ether oxygens (including phenoxy) is 1. The van der Waals surface area contributed by atoms with Crippen molar-refractivity contribution in [2.45, 2.75) is 52.8 Å². The third-order valence-electron chi connectivity index (χ3n) is 3.13. The van der Waals surface area contributed by atoms with Crippen LogP contribution in [-0.4, -0.2) is 28.8 Å². The lowest BCUT2D eigenvalue weighted by Crippen LogP contribution is -2.45. The van der Waals surface area contributed by atoms with E-state index in [2.05, 4.69) is 36.7 Å². The summed E-state index contributed by atoms with van der Waals surface area (Å²) >= 11 is 0. The van der Waals surface area contributed by atoms with Crippen molar-refractivity contribution >= 4 is 6.09 Å². The van der Waals surface area contributed by atoms with Gasteiger partial charge in [0.25, 0.3) is 0 Å². The molecule has 1 heterocycles. The van der Waals surface area contributed by atoms with Gasteiger partial charge in [-0.2, -0.15) is 0 Å². The number of amides is 1. The third-order valence-corrected chi connectivity index (χ3v) is 3.13. The predicted octanol–water partition coefficient (Wildman–Crippen LogP) is 2.66. The summed E-state index contributed by atoms with van der Waals surface area (Å²) in [6.07, 6.45) is 3.75. The third kappa shape index (κ3) is 7.18. The van der Waals surface area contributed by atoms with E-state index in [1.54, 1.807) is 0 Å². The summed E-state index contributed by atoms with van der Waals surface area (Å²) in [7, 11) is 2.01. The van der Waals surface area contributed by atoms with Crippen LogP contribution in [0.5, 0.6) is 0 Å². The van der Waals surface area contributed by atoms with Crippen molar-refractivity contribution in [1.82, 2.24) is 15.2 Å². The fraction of sp³-hybridized carbons (Fsp3) is 0.688. The Morgan fingerprint density at radius 3 is 2.52 bits per heavy atom. The average molecular weight is 295 g/mol. The highest BCUT2D eigenvalue weighted by molar-refractivity contribution is 5.67. The van der Waals surface area contributed by atoms with Crippen LogP contribution in [0.15, 0.2) is 18.5 Å². The van der Waals surface area contributed by atoms with Crippen molar-refractivity contribution in [3.63, 3.8) is 0 Å². The minimum Gasteiger partial charge on any atom is -0.444 e. The molecule has 1 aromatic heterocycles. The smallest absolute Gasteiger partial charge is 0.407 e. The molecule has 0 aliphatic rings. The highest BCUT2D eigenvalue weighted by Crippen LogP contribution is 2.08. The summed E-state index contributed by atoms with van der Waals surface area (Å²) in [5.41, 5.74) is 0.773. The Labute approximate surface area is 128 Å². The van der Waals surface area contributed by atoms with Crippen molar-refractivity contribution in [2.24, 2.45) is 13.0 Å². The van der Waals surface area contributed by atoms with Crippen LogP contribution in [0.25, 0.3) is 0 Å². The molecule has 0 fully saturated rings. The van der Waals surface area contributed by atoms with E-state index in [1.165, 1.54) is 5.56 Å². The van der Waals surface area contributed by atoms with Crippen LogP contribution in [0, 0.1) is 5.92 Å². The van der Waals surface area contributed by atoms with Crippen molar-refractivity contribution in [3.8, 4) is 0 Å². The lowest BCUT2D eigenvalue weighted by atomic mass is 10.0. The molecule has 1 unspecified atom stereocenters. The lowest BCUT2D eigenvalue weighted by molar-refractivity contribution is 0.0519. The van der Waals surface area contributed by atoms with Gasteiger partial charge in [-0.1, -0.05) is 13.8 Å². The molecular weight excluding hydrogens is 266 g/mol. The highest BCUT2D eigenvalue weighted by atomic mass is 16.6. The topological polar surface area (TPSA) is 55.3 Å². The molecule has 120 valence electrons. The zero-order chi connectivity index (χ0) is 16.0. The molecule has 1 rings (SSSR count). The fourth-order valence-corrected chi connectivity index (χ4v) is 1.97. The number of carbonyl (C=O) groups is 1. The minimum atomic E-state index is -0.463. The van der Waals surface area contributed by atoms with Crippen LogP contribution in [0.2, 0.25) is 0 Å². The van der Waals surface area contributed by atoms with Gasteiger partial charge in [0.15, 0.2) is 0 Å². The molecule has 0 radical (unpaired) electrons. The molecule has 0 aliphatic heterocycles. The van der Waals surface area contributed by atoms with Gasteiger partial charge in [-0.3, -0.25) is 0 Å². The monoisotopic (exact) mass is 295 g/mol. The van der Waals surface area contributed by atoms with E-state index < -0.39 is 5.60 Å². The molecule has 0 aliphatic carbocycles. The van der Waals surface area contributed by atoms with E-state index in [-0.39, 0.29) is 12.1 Å². The minimum absolute atomic E-state index is 0.206. The van der Waals surface area contributed by atoms with Gasteiger partial charge in [0, 0.05) is 38.6 Å². The van der Waals surface area contributed by atoms with Crippen molar-refractivity contribution in [2.75, 3.05) is 6.54 Å². The largest absolute Gasteiger partial charge is 0.444 e. The van der Waals surface area contributed by atoms with Gasteiger partial charge < -0.3 is 19.9 Å². The van der Waals surface area contributed by atoms with Crippen LogP contribution in [-0.2, 0) is 18.3 Å². The van der Waals surface area contributed by atoms with E-state index in [4.69, 9.17) is 4.74 Å². The Bertz CT molecular complexity index is 447. The van der Waals surface area contributed by atoms with Crippen LogP contribution in [0.3, 0.4) is 0 Å². The van der Waals surface area contributed by atoms with E-state index >= 15 is 0 Å². The van der Waals surface area contributed by atoms with Gasteiger partial charge in [-0.25, -0.2) is 4.79 Å². The Kier molecular flexibility index (Phi) is 6.27. The number of alkyl carbamates (subject to hydrolysis) is 1. The van der Waals surface area contributed by atoms with E-state index in [0.717, 1.165) is 6.54 Å². The first-order chi connectivity index (χ1) is 9.67. The number of aromatic nitrogens is 1. The van der Waals surface area contributed by atoms with Gasteiger partial charge in [0.2, 0.25) is 0 Å². The molecule has 0 saturated heterocycles. The number of nitrogens with zero attached hydrogens (tertiary/aromatic N) is 1. The molecule has 0 saturated carbocycles. The number of nitrogens with one attached hydrogen (secondary N) is 2. The van der Waals surface area contributed by atoms with E-state index in [1.807, 2.05) is 38.6 Å². The molecule has 5 heteroatoms. The fourth-order valence-electron chi connectivity index (χ4n) is 1.97. The lowest BCUT2D eigenvalue weighted by Gasteiger charge is -2.24. The molecule has 0 spiro atoms. The van der Waals surface area contributed by atoms with E-state index in [9.17, 15) is 4.79 Å². The number of hydrogen-bond acceptors (Lipinski definition) is 3. The Balaban J connectivity index is 2.41. The van der Waals surface area contributed by atoms with Crippen molar-refractivity contribution in [3.05, 3.63) is 24.0 Å². The number of hydrogen-bond donors (Lipinski definition) is 2. The standard InChI is InChI=1S/C16H29N3O2/c1-12(2)14(10-18-15(20)21-16(3,4)5)17-9-13-7-8-19(6)11-13/h7-8,11-12,14,17H,9-10H2,1-6H3,(H,18,20). The molecule has 2 N–H and O–H groups in total. The van der Waals surface area contributed by atoms with Crippen LogP contribution >= 0.6 is 0 Å². The molecule has 0 bridgehead atoms. The van der Waals surface area contributed by atoms with Crippen LogP contribution in [0.4, 0.5) is 4.79 Å². The van der Waals surface area contributed by atoms with Gasteiger partial charge in [-0.15, -0.1) is 0 Å². The molecule has 5 nitrogen and oxygen atoms in total. The number of rotatable bonds is 6. The highest BCUT2D eigenvalue weighted by Gasteiger charge is 2.18. The van der Waals surface area contributed by atoms with Crippen LogP contribution < -0.4 is 10.6 Å². The summed E-state index contributed by atoms with van der Waals surface area (Å²) in [4.78, 5) is 11.7. The second-order valence-electron chi connectivity index (χ2n) is 6.80. The molecule has 0 aromatic carbocycles. The number of aryl methyl sites for hydroxylation is 1. The molecule has 1 aromatic rings. The molecule has 1 atom stereocenters. The van der Waals surface area contributed by atoms with Gasteiger partial charge >= 0.3 is 6.09 Å². The summed E-state index contributed by atoms with van der Waals surface area (Å²) in [6.45, 7) is 11.2. The zero-order valence-electron chi connectivity index (χ0n) is 14.1. The van der Waals surface area contributed by atoms with Crippen LogP contribution in [0.1, 0.15) is 40.2 Å².